The van der Waals surface area contributed by atoms with Gasteiger partial charge in [0.05, 0.1) is 0 Å². The molecule has 1 heterocycles. The highest BCUT2D eigenvalue weighted by atomic mass is 16.5. The van der Waals surface area contributed by atoms with Crippen molar-refractivity contribution < 1.29 is 9.53 Å². The van der Waals surface area contributed by atoms with E-state index in [1.54, 1.807) is 6.08 Å². The third-order valence-electron chi connectivity index (χ3n) is 1.72. The molecule has 1 fully saturated rings. The summed E-state index contributed by atoms with van der Waals surface area (Å²) in [6.07, 6.45) is 2.33. The van der Waals surface area contributed by atoms with E-state index in [4.69, 9.17) is 4.74 Å². The van der Waals surface area contributed by atoms with Crippen molar-refractivity contribution in [1.82, 2.24) is 10.9 Å². The van der Waals surface area contributed by atoms with Gasteiger partial charge in [0.25, 0.3) is 0 Å². The van der Waals surface area contributed by atoms with Crippen molar-refractivity contribution in [3.05, 3.63) is 12.7 Å². The summed E-state index contributed by atoms with van der Waals surface area (Å²) in [7, 11) is 0. The molecule has 0 spiro atoms. The second kappa shape index (κ2) is 4.23. The Bertz CT molecular complexity index is 182. The van der Waals surface area contributed by atoms with Crippen molar-refractivity contribution in [1.29, 1.82) is 0 Å². The van der Waals surface area contributed by atoms with Gasteiger partial charge >= 0.3 is 5.97 Å². The number of hydrazine groups is 1. The lowest BCUT2D eigenvalue weighted by Crippen LogP contribution is -2.37. The Morgan fingerprint density at radius 2 is 2.50 bits per heavy atom. The van der Waals surface area contributed by atoms with Gasteiger partial charge in [-0.25, -0.2) is 5.43 Å². The number of nitrogens with one attached hydrogen (secondary N) is 2. The summed E-state index contributed by atoms with van der Waals surface area (Å²) in [5.41, 5.74) is 5.81. The molecule has 4 heteroatoms. The highest BCUT2D eigenvalue weighted by Gasteiger charge is 2.27. The summed E-state index contributed by atoms with van der Waals surface area (Å²) in [4.78, 5) is 11.2. The van der Waals surface area contributed by atoms with Crippen molar-refractivity contribution in [2.45, 2.75) is 25.4 Å². The smallest absolute Gasteiger partial charge is 0.324 e. The van der Waals surface area contributed by atoms with Crippen molar-refractivity contribution >= 4 is 5.97 Å². The zero-order valence-corrected chi connectivity index (χ0v) is 7.17. The van der Waals surface area contributed by atoms with E-state index in [-0.39, 0.29) is 18.6 Å². The third-order valence-corrected chi connectivity index (χ3v) is 1.72. The molecule has 0 aromatic heterocycles. The monoisotopic (exact) mass is 170 g/mol. The van der Waals surface area contributed by atoms with E-state index >= 15 is 0 Å². The number of esters is 1. The van der Waals surface area contributed by atoms with Crippen LogP contribution >= 0.6 is 0 Å². The molecule has 0 aromatic carbocycles. The molecule has 0 saturated carbocycles. The minimum atomic E-state index is -0.216. The van der Waals surface area contributed by atoms with Crippen LogP contribution in [-0.4, -0.2) is 24.7 Å². The Morgan fingerprint density at radius 1 is 1.75 bits per heavy atom. The van der Waals surface area contributed by atoms with Gasteiger partial charge in [-0.2, -0.15) is 0 Å². The normalized spacial score (nSPS) is 28.4. The van der Waals surface area contributed by atoms with Gasteiger partial charge in [0.1, 0.15) is 12.6 Å². The van der Waals surface area contributed by atoms with E-state index in [2.05, 4.69) is 17.4 Å². The molecule has 0 aromatic rings. The fourth-order valence-corrected chi connectivity index (χ4v) is 1.11. The first-order valence-electron chi connectivity index (χ1n) is 4.02. The van der Waals surface area contributed by atoms with Gasteiger partial charge < -0.3 is 4.74 Å². The van der Waals surface area contributed by atoms with Crippen LogP contribution < -0.4 is 10.9 Å². The molecule has 12 heavy (non-hydrogen) atoms. The van der Waals surface area contributed by atoms with E-state index in [0.29, 0.717) is 6.04 Å². The number of ether oxygens (including phenoxy) is 1. The Labute approximate surface area is 71.9 Å². The van der Waals surface area contributed by atoms with Crippen LogP contribution in [-0.2, 0) is 9.53 Å². The van der Waals surface area contributed by atoms with E-state index in [0.717, 1.165) is 6.42 Å². The first kappa shape index (κ1) is 9.22. The number of carbonyl (C=O) groups is 1. The summed E-state index contributed by atoms with van der Waals surface area (Å²) in [5.74, 6) is -0.216. The van der Waals surface area contributed by atoms with E-state index < -0.39 is 0 Å². The number of hydrogen-bond donors (Lipinski definition) is 2. The van der Waals surface area contributed by atoms with Gasteiger partial charge in [-0.3, -0.25) is 10.2 Å². The molecule has 0 radical (unpaired) electrons. The van der Waals surface area contributed by atoms with Crippen LogP contribution in [0, 0.1) is 0 Å². The lowest BCUT2D eigenvalue weighted by atomic mass is 10.1. The van der Waals surface area contributed by atoms with E-state index in [9.17, 15) is 4.79 Å². The highest BCUT2D eigenvalue weighted by molar-refractivity contribution is 5.76. The molecule has 0 aliphatic carbocycles. The standard InChI is InChI=1S/C8H14N2O2/c1-3-4-12-8(11)7-5-6(2)9-10-7/h3,6-7,9-10H,1,4-5H2,2H3. The molecule has 0 amide bonds. The van der Waals surface area contributed by atoms with Gasteiger partial charge in [-0.1, -0.05) is 12.7 Å². The Morgan fingerprint density at radius 3 is 3.00 bits per heavy atom. The molecule has 2 N–H and O–H groups in total. The SMILES string of the molecule is C=CCOC(=O)C1CC(C)NN1. The zero-order valence-electron chi connectivity index (χ0n) is 7.17. The van der Waals surface area contributed by atoms with Crippen LogP contribution in [0.25, 0.3) is 0 Å². The average Bonchev–Trinajstić information content (AvgIpc) is 2.47. The molecule has 1 aliphatic rings. The van der Waals surface area contributed by atoms with Gasteiger partial charge in [0.2, 0.25) is 0 Å². The summed E-state index contributed by atoms with van der Waals surface area (Å²) in [5, 5.41) is 0. The van der Waals surface area contributed by atoms with Crippen molar-refractivity contribution in [3.8, 4) is 0 Å². The third kappa shape index (κ3) is 2.32. The van der Waals surface area contributed by atoms with E-state index in [1.807, 2.05) is 6.92 Å². The largest absolute Gasteiger partial charge is 0.460 e. The Kier molecular flexibility index (Phi) is 3.25. The molecular formula is C8H14N2O2. The molecule has 68 valence electrons. The first-order chi connectivity index (χ1) is 5.74. The fourth-order valence-electron chi connectivity index (χ4n) is 1.11. The average molecular weight is 170 g/mol. The highest BCUT2D eigenvalue weighted by Crippen LogP contribution is 2.05. The predicted octanol–water partition coefficient (Wildman–Crippen LogP) is -0.0294. The van der Waals surface area contributed by atoms with Gasteiger partial charge in [-0.15, -0.1) is 0 Å². The topological polar surface area (TPSA) is 50.4 Å². The first-order valence-corrected chi connectivity index (χ1v) is 4.02. The summed E-state index contributed by atoms with van der Waals surface area (Å²) < 4.78 is 4.86. The second-order valence-corrected chi connectivity index (χ2v) is 2.90. The van der Waals surface area contributed by atoms with Crippen LogP contribution in [0.1, 0.15) is 13.3 Å². The van der Waals surface area contributed by atoms with Crippen LogP contribution in [0.2, 0.25) is 0 Å². The Hall–Kier alpha value is -0.870. The van der Waals surface area contributed by atoms with E-state index in [1.165, 1.54) is 0 Å². The quantitative estimate of drug-likeness (QED) is 0.461. The Balaban J connectivity index is 2.28. The summed E-state index contributed by atoms with van der Waals surface area (Å²) in [6.45, 7) is 5.75. The molecule has 2 atom stereocenters. The van der Waals surface area contributed by atoms with Gasteiger partial charge in [-0.05, 0) is 13.3 Å². The molecular weight excluding hydrogens is 156 g/mol. The van der Waals surface area contributed by atoms with Crippen LogP contribution in [0.4, 0.5) is 0 Å². The van der Waals surface area contributed by atoms with Crippen molar-refractivity contribution in [2.24, 2.45) is 0 Å². The van der Waals surface area contributed by atoms with Gasteiger partial charge in [0.15, 0.2) is 0 Å². The maximum absolute atomic E-state index is 11.2. The summed E-state index contributed by atoms with van der Waals surface area (Å²) >= 11 is 0. The van der Waals surface area contributed by atoms with Crippen LogP contribution in [0.15, 0.2) is 12.7 Å². The molecule has 1 rings (SSSR count). The fraction of sp³-hybridized carbons (Fsp3) is 0.625. The number of carbonyl (C=O) groups excluding carboxylic acids is 1. The number of hydrogen-bond acceptors (Lipinski definition) is 4. The lowest BCUT2D eigenvalue weighted by Gasteiger charge is -2.07. The second-order valence-electron chi connectivity index (χ2n) is 2.90. The maximum Gasteiger partial charge on any atom is 0.324 e. The minimum absolute atomic E-state index is 0.208. The predicted molar refractivity (Wildman–Crippen MR) is 45.3 cm³/mol. The lowest BCUT2D eigenvalue weighted by molar-refractivity contribution is -0.144. The summed E-state index contributed by atoms with van der Waals surface area (Å²) in [6, 6.07) is 0.117. The van der Waals surface area contributed by atoms with Crippen LogP contribution in [0.5, 0.6) is 0 Å². The number of rotatable bonds is 3. The molecule has 1 saturated heterocycles. The van der Waals surface area contributed by atoms with Gasteiger partial charge in [0, 0.05) is 6.04 Å². The zero-order chi connectivity index (χ0) is 8.97. The molecule has 1 aliphatic heterocycles. The maximum atomic E-state index is 11.2. The van der Waals surface area contributed by atoms with Crippen molar-refractivity contribution in [2.75, 3.05) is 6.61 Å². The minimum Gasteiger partial charge on any atom is -0.460 e. The molecule has 0 bridgehead atoms. The van der Waals surface area contributed by atoms with Crippen molar-refractivity contribution in [3.63, 3.8) is 0 Å². The van der Waals surface area contributed by atoms with Crippen LogP contribution in [0.3, 0.4) is 0 Å². The molecule has 4 nitrogen and oxygen atoms in total. The molecule has 2 unspecified atom stereocenters.